The summed E-state index contributed by atoms with van der Waals surface area (Å²) in [6, 6.07) is 9.62. The van der Waals surface area contributed by atoms with Crippen LogP contribution >= 0.6 is 11.3 Å². The van der Waals surface area contributed by atoms with Crippen LogP contribution in [0.15, 0.2) is 47.7 Å². The summed E-state index contributed by atoms with van der Waals surface area (Å²) < 4.78 is 6.80. The smallest absolute Gasteiger partial charge is 0.258 e. The van der Waals surface area contributed by atoms with Crippen molar-refractivity contribution in [3.05, 3.63) is 58.7 Å². The van der Waals surface area contributed by atoms with Gasteiger partial charge in [-0.1, -0.05) is 0 Å². The van der Waals surface area contributed by atoms with Crippen LogP contribution in [0.5, 0.6) is 5.75 Å². The number of nitrogens with one attached hydrogen (secondary N) is 1. The van der Waals surface area contributed by atoms with Gasteiger partial charge in [0.1, 0.15) is 18.2 Å². The highest BCUT2D eigenvalue weighted by Gasteiger charge is 2.11. The standard InChI is InChI=1S/C18H16N4O2S/c19-17(23)15-7-14-12(8-20-9-16(14)25-15)10-24-13-3-1-11(2-4-13)18-21-5-6-22-18/h1-4,7-9H,5-6,10H2,(H2,19,23)(H,21,22). The van der Waals surface area contributed by atoms with Gasteiger partial charge in [0.25, 0.3) is 5.91 Å². The van der Waals surface area contributed by atoms with E-state index in [9.17, 15) is 4.79 Å². The molecular formula is C18H16N4O2S. The maximum absolute atomic E-state index is 11.4. The number of benzene rings is 1. The molecule has 4 rings (SSSR count). The van der Waals surface area contributed by atoms with Gasteiger partial charge in [-0.2, -0.15) is 0 Å². The number of carbonyl (C=O) groups excluding carboxylic acids is 1. The number of amides is 1. The van der Waals surface area contributed by atoms with Crippen molar-refractivity contribution >= 4 is 33.2 Å². The maximum Gasteiger partial charge on any atom is 0.258 e. The molecule has 0 saturated carbocycles. The van der Waals surface area contributed by atoms with Gasteiger partial charge in [-0.25, -0.2) is 0 Å². The lowest BCUT2D eigenvalue weighted by Crippen LogP contribution is -2.19. The zero-order chi connectivity index (χ0) is 17.2. The molecule has 3 N–H and O–H groups in total. The minimum Gasteiger partial charge on any atom is -0.489 e. The predicted molar refractivity (Wildman–Crippen MR) is 98.3 cm³/mol. The van der Waals surface area contributed by atoms with E-state index in [2.05, 4.69) is 15.3 Å². The lowest BCUT2D eigenvalue weighted by Gasteiger charge is -2.08. The number of aliphatic imine (C=N–C) groups is 1. The number of pyridine rings is 1. The van der Waals surface area contributed by atoms with Crippen molar-refractivity contribution in [1.82, 2.24) is 10.3 Å². The Hall–Kier alpha value is -2.93. The van der Waals surface area contributed by atoms with Gasteiger partial charge in [-0.05, 0) is 30.3 Å². The van der Waals surface area contributed by atoms with E-state index in [1.54, 1.807) is 18.5 Å². The quantitative estimate of drug-likeness (QED) is 0.737. The lowest BCUT2D eigenvalue weighted by atomic mass is 10.2. The molecule has 0 spiro atoms. The Balaban J connectivity index is 1.51. The van der Waals surface area contributed by atoms with Crippen molar-refractivity contribution in [1.29, 1.82) is 0 Å². The highest BCUT2D eigenvalue weighted by Crippen LogP contribution is 2.28. The van der Waals surface area contributed by atoms with Crippen LogP contribution in [0.1, 0.15) is 20.8 Å². The molecule has 0 fully saturated rings. The summed E-state index contributed by atoms with van der Waals surface area (Å²) in [6.45, 7) is 2.08. The van der Waals surface area contributed by atoms with Crippen molar-refractivity contribution in [3.63, 3.8) is 0 Å². The molecule has 3 heterocycles. The second kappa shape index (κ2) is 6.52. The normalized spacial score (nSPS) is 13.5. The van der Waals surface area contributed by atoms with Crippen molar-refractivity contribution < 1.29 is 9.53 Å². The zero-order valence-electron chi connectivity index (χ0n) is 13.4. The molecule has 0 bridgehead atoms. The predicted octanol–water partition coefficient (Wildman–Crippen LogP) is 2.32. The average molecular weight is 352 g/mol. The van der Waals surface area contributed by atoms with E-state index in [0.717, 1.165) is 45.9 Å². The second-order valence-corrected chi connectivity index (χ2v) is 6.74. The van der Waals surface area contributed by atoms with Crippen LogP contribution in [0.2, 0.25) is 0 Å². The first kappa shape index (κ1) is 15.6. The zero-order valence-corrected chi connectivity index (χ0v) is 14.2. The number of primary amides is 1. The van der Waals surface area contributed by atoms with Gasteiger partial charge >= 0.3 is 0 Å². The van der Waals surface area contributed by atoms with Crippen LogP contribution in [0.4, 0.5) is 0 Å². The van der Waals surface area contributed by atoms with Crippen molar-refractivity contribution in [2.45, 2.75) is 6.61 Å². The van der Waals surface area contributed by atoms with Gasteiger partial charge in [0, 0.05) is 35.5 Å². The number of nitrogens with zero attached hydrogens (tertiary/aromatic N) is 2. The Bertz CT molecular complexity index is 963. The van der Waals surface area contributed by atoms with E-state index in [0.29, 0.717) is 11.5 Å². The number of amidine groups is 1. The number of carbonyl (C=O) groups is 1. The Labute approximate surface area is 148 Å². The van der Waals surface area contributed by atoms with Crippen LogP contribution in [0.25, 0.3) is 10.1 Å². The largest absolute Gasteiger partial charge is 0.489 e. The first-order valence-electron chi connectivity index (χ1n) is 7.88. The summed E-state index contributed by atoms with van der Waals surface area (Å²) in [5.74, 6) is 1.27. The van der Waals surface area contributed by atoms with Crippen LogP contribution in [0, 0.1) is 0 Å². The third kappa shape index (κ3) is 3.18. The first-order chi connectivity index (χ1) is 12.2. The van der Waals surface area contributed by atoms with Crippen LogP contribution in [-0.4, -0.2) is 29.8 Å². The molecule has 7 heteroatoms. The third-order valence-corrected chi connectivity index (χ3v) is 5.05. The summed E-state index contributed by atoms with van der Waals surface area (Å²) in [7, 11) is 0. The minimum atomic E-state index is -0.424. The monoisotopic (exact) mass is 352 g/mol. The number of fused-ring (bicyclic) bond motifs is 1. The van der Waals surface area contributed by atoms with Gasteiger partial charge in [-0.3, -0.25) is 14.8 Å². The molecular weight excluding hydrogens is 336 g/mol. The summed E-state index contributed by atoms with van der Waals surface area (Å²) in [5.41, 5.74) is 7.34. The number of rotatable bonds is 5. The molecule has 1 aromatic carbocycles. The van der Waals surface area contributed by atoms with E-state index in [1.165, 1.54) is 11.3 Å². The highest BCUT2D eigenvalue weighted by atomic mass is 32.1. The summed E-state index contributed by atoms with van der Waals surface area (Å²) in [6.07, 6.45) is 3.49. The van der Waals surface area contributed by atoms with E-state index in [1.807, 2.05) is 24.3 Å². The molecule has 126 valence electrons. The Morgan fingerprint density at radius 1 is 1.28 bits per heavy atom. The molecule has 0 radical (unpaired) electrons. The molecule has 2 aromatic heterocycles. The molecule has 0 aliphatic carbocycles. The van der Waals surface area contributed by atoms with Crippen molar-refractivity contribution in [3.8, 4) is 5.75 Å². The van der Waals surface area contributed by atoms with E-state index >= 15 is 0 Å². The molecule has 3 aromatic rings. The molecule has 1 aliphatic heterocycles. The fraction of sp³-hybridized carbons (Fsp3) is 0.167. The van der Waals surface area contributed by atoms with Gasteiger partial charge in [0.15, 0.2) is 0 Å². The Morgan fingerprint density at radius 2 is 2.12 bits per heavy atom. The van der Waals surface area contributed by atoms with Gasteiger partial charge < -0.3 is 15.8 Å². The van der Waals surface area contributed by atoms with Gasteiger partial charge in [0.05, 0.1) is 16.1 Å². The number of thiophene rings is 1. The maximum atomic E-state index is 11.4. The Kier molecular flexibility index (Phi) is 4.07. The summed E-state index contributed by atoms with van der Waals surface area (Å²) >= 11 is 1.34. The molecule has 1 aliphatic rings. The van der Waals surface area contributed by atoms with Crippen LogP contribution in [0.3, 0.4) is 0 Å². The number of hydrogen-bond acceptors (Lipinski definition) is 6. The molecule has 0 atom stereocenters. The van der Waals surface area contributed by atoms with Gasteiger partial charge in [-0.15, -0.1) is 11.3 Å². The number of aromatic nitrogens is 1. The number of hydrogen-bond donors (Lipinski definition) is 2. The van der Waals surface area contributed by atoms with E-state index in [4.69, 9.17) is 10.5 Å². The highest BCUT2D eigenvalue weighted by molar-refractivity contribution is 7.20. The number of nitrogens with two attached hydrogens (primary N) is 1. The fourth-order valence-electron chi connectivity index (χ4n) is 2.71. The summed E-state index contributed by atoms with van der Waals surface area (Å²) in [4.78, 5) is 20.5. The molecule has 25 heavy (non-hydrogen) atoms. The first-order valence-corrected chi connectivity index (χ1v) is 8.70. The molecule has 1 amide bonds. The Morgan fingerprint density at radius 3 is 2.84 bits per heavy atom. The van der Waals surface area contributed by atoms with E-state index in [-0.39, 0.29) is 0 Å². The van der Waals surface area contributed by atoms with Crippen LogP contribution < -0.4 is 15.8 Å². The van der Waals surface area contributed by atoms with Crippen LogP contribution in [-0.2, 0) is 6.61 Å². The van der Waals surface area contributed by atoms with Crippen molar-refractivity contribution in [2.75, 3.05) is 13.1 Å². The number of ether oxygens (including phenoxy) is 1. The average Bonchev–Trinajstić information content (AvgIpc) is 3.30. The molecule has 6 nitrogen and oxygen atoms in total. The SMILES string of the molecule is NC(=O)c1cc2c(COc3ccc(C4=NCCN4)cc3)cncc2s1. The topological polar surface area (TPSA) is 89.6 Å². The van der Waals surface area contributed by atoms with Gasteiger partial charge in [0.2, 0.25) is 0 Å². The third-order valence-electron chi connectivity index (χ3n) is 3.97. The lowest BCUT2D eigenvalue weighted by molar-refractivity contribution is 0.100. The summed E-state index contributed by atoms with van der Waals surface area (Å²) in [5, 5.41) is 4.20. The fourth-order valence-corrected chi connectivity index (χ4v) is 3.64. The minimum absolute atomic E-state index is 0.373. The molecule has 0 unspecified atom stereocenters. The molecule has 0 saturated heterocycles. The second-order valence-electron chi connectivity index (χ2n) is 5.66. The van der Waals surface area contributed by atoms with E-state index < -0.39 is 5.91 Å². The van der Waals surface area contributed by atoms with Crippen molar-refractivity contribution in [2.24, 2.45) is 10.7 Å².